The zero-order valence-electron chi connectivity index (χ0n) is 14.8. The number of benzene rings is 1. The minimum atomic E-state index is -0.638. The second kappa shape index (κ2) is 7.17. The Hall–Kier alpha value is -2.50. The third-order valence-corrected chi connectivity index (χ3v) is 4.46. The molecule has 2 aromatic rings. The number of fused-ring (bicyclic) bond motifs is 1. The lowest BCUT2D eigenvalue weighted by Crippen LogP contribution is -2.37. The fourth-order valence-electron chi connectivity index (χ4n) is 2.86. The van der Waals surface area contributed by atoms with Crippen molar-refractivity contribution < 1.29 is 23.5 Å². The third-order valence-electron chi connectivity index (χ3n) is 4.46. The lowest BCUT2D eigenvalue weighted by atomic mass is 10.1. The molecule has 6 nitrogen and oxygen atoms in total. The van der Waals surface area contributed by atoms with E-state index < -0.39 is 5.97 Å². The van der Waals surface area contributed by atoms with Gasteiger partial charge in [-0.05, 0) is 57.7 Å². The van der Waals surface area contributed by atoms with Crippen LogP contribution in [0.25, 0.3) is 11.0 Å². The van der Waals surface area contributed by atoms with Crippen LogP contribution in [0.5, 0.6) is 5.75 Å². The van der Waals surface area contributed by atoms with E-state index in [1.807, 2.05) is 19.9 Å². The molecule has 134 valence electrons. The van der Waals surface area contributed by atoms with Gasteiger partial charge in [0.2, 0.25) is 5.76 Å². The molecular weight excluding hydrogens is 322 g/mol. The van der Waals surface area contributed by atoms with E-state index in [4.69, 9.17) is 13.9 Å². The molecule has 1 amide bonds. The van der Waals surface area contributed by atoms with Crippen LogP contribution < -0.4 is 10.1 Å². The van der Waals surface area contributed by atoms with Crippen molar-refractivity contribution >= 4 is 22.8 Å². The number of rotatable bonds is 7. The molecule has 0 saturated heterocycles. The Kier molecular flexibility index (Phi) is 4.97. The molecule has 0 unspecified atom stereocenters. The van der Waals surface area contributed by atoms with Crippen molar-refractivity contribution in [3.05, 3.63) is 29.5 Å². The van der Waals surface area contributed by atoms with Crippen molar-refractivity contribution in [1.82, 2.24) is 5.32 Å². The van der Waals surface area contributed by atoms with Crippen LogP contribution in [0.4, 0.5) is 0 Å². The van der Waals surface area contributed by atoms with Crippen LogP contribution in [0, 0.1) is 12.8 Å². The van der Waals surface area contributed by atoms with E-state index in [1.54, 1.807) is 19.1 Å². The third kappa shape index (κ3) is 3.95. The van der Waals surface area contributed by atoms with Crippen molar-refractivity contribution in [1.29, 1.82) is 0 Å². The minimum Gasteiger partial charge on any atom is -0.494 e. The van der Waals surface area contributed by atoms with Crippen molar-refractivity contribution in [2.75, 3.05) is 13.2 Å². The molecule has 1 fully saturated rings. The highest BCUT2D eigenvalue weighted by molar-refractivity contribution is 5.97. The largest absolute Gasteiger partial charge is 0.494 e. The van der Waals surface area contributed by atoms with E-state index in [0.29, 0.717) is 29.4 Å². The summed E-state index contributed by atoms with van der Waals surface area (Å²) in [6.45, 7) is 5.91. The van der Waals surface area contributed by atoms with Gasteiger partial charge in [0.25, 0.3) is 5.91 Å². The molecule has 1 aliphatic carbocycles. The van der Waals surface area contributed by atoms with E-state index in [-0.39, 0.29) is 24.3 Å². The normalized spacial score (nSPS) is 15.0. The SMILES string of the molecule is CCOc1ccc2oc(C(=O)OCC(=O)N[C@@H](C)C3CC3)c(C)c2c1. The Morgan fingerprint density at radius 3 is 2.80 bits per heavy atom. The number of furan rings is 1. The van der Waals surface area contributed by atoms with E-state index in [2.05, 4.69) is 5.32 Å². The summed E-state index contributed by atoms with van der Waals surface area (Å²) in [6, 6.07) is 5.50. The van der Waals surface area contributed by atoms with Gasteiger partial charge in [-0.3, -0.25) is 4.79 Å². The molecule has 1 aliphatic rings. The summed E-state index contributed by atoms with van der Waals surface area (Å²) in [5.41, 5.74) is 1.26. The first-order chi connectivity index (χ1) is 12.0. The molecular formula is C19H23NO5. The summed E-state index contributed by atoms with van der Waals surface area (Å²) in [5, 5.41) is 3.64. The van der Waals surface area contributed by atoms with Crippen molar-refractivity contribution in [3.8, 4) is 5.75 Å². The molecule has 3 rings (SSSR count). The molecule has 0 aliphatic heterocycles. The molecule has 1 atom stereocenters. The van der Waals surface area contributed by atoms with Crippen molar-refractivity contribution in [3.63, 3.8) is 0 Å². The molecule has 1 aromatic heterocycles. The topological polar surface area (TPSA) is 77.8 Å². The van der Waals surface area contributed by atoms with E-state index in [0.717, 1.165) is 18.2 Å². The number of esters is 1. The molecule has 0 spiro atoms. The molecule has 1 aromatic carbocycles. The highest BCUT2D eigenvalue weighted by Gasteiger charge is 2.29. The standard InChI is InChI=1S/C19H23NO5/c1-4-23-14-7-8-16-15(9-14)11(2)18(25-16)19(22)24-10-17(21)20-12(3)13-5-6-13/h7-9,12-13H,4-6,10H2,1-3H3,(H,20,21)/t12-/m0/s1. The molecule has 6 heteroatoms. The number of hydrogen-bond acceptors (Lipinski definition) is 5. The van der Waals surface area contributed by atoms with Gasteiger partial charge in [-0.15, -0.1) is 0 Å². The Balaban J connectivity index is 1.65. The van der Waals surface area contributed by atoms with Gasteiger partial charge >= 0.3 is 5.97 Å². The quantitative estimate of drug-likeness (QED) is 0.780. The predicted octanol–water partition coefficient (Wildman–Crippen LogP) is 3.21. The monoisotopic (exact) mass is 345 g/mol. The van der Waals surface area contributed by atoms with Crippen LogP contribution >= 0.6 is 0 Å². The summed E-state index contributed by atoms with van der Waals surface area (Å²) in [6.07, 6.45) is 2.28. The fraction of sp³-hybridized carbons (Fsp3) is 0.474. The molecule has 0 bridgehead atoms. The number of nitrogens with one attached hydrogen (secondary N) is 1. The van der Waals surface area contributed by atoms with Gasteiger partial charge in [-0.25, -0.2) is 4.79 Å². The molecule has 0 radical (unpaired) electrons. The number of carbonyl (C=O) groups excluding carboxylic acids is 2. The minimum absolute atomic E-state index is 0.117. The number of hydrogen-bond donors (Lipinski definition) is 1. The van der Waals surface area contributed by atoms with Crippen molar-refractivity contribution in [2.45, 2.75) is 39.7 Å². The average molecular weight is 345 g/mol. The maximum absolute atomic E-state index is 12.3. The maximum atomic E-state index is 12.3. The Morgan fingerprint density at radius 2 is 2.12 bits per heavy atom. The number of carbonyl (C=O) groups is 2. The fourth-order valence-corrected chi connectivity index (χ4v) is 2.86. The molecule has 1 N–H and O–H groups in total. The van der Waals surface area contributed by atoms with Crippen LogP contribution in [0.3, 0.4) is 0 Å². The number of ether oxygens (including phenoxy) is 2. The lowest BCUT2D eigenvalue weighted by Gasteiger charge is -2.12. The zero-order chi connectivity index (χ0) is 18.0. The first kappa shape index (κ1) is 17.3. The summed E-state index contributed by atoms with van der Waals surface area (Å²) in [4.78, 5) is 24.1. The highest BCUT2D eigenvalue weighted by Crippen LogP contribution is 2.32. The van der Waals surface area contributed by atoms with Gasteiger partial charge in [-0.1, -0.05) is 0 Å². The van der Waals surface area contributed by atoms with Gasteiger partial charge in [-0.2, -0.15) is 0 Å². The average Bonchev–Trinajstić information content (AvgIpc) is 3.38. The van der Waals surface area contributed by atoms with Gasteiger partial charge in [0, 0.05) is 17.0 Å². The van der Waals surface area contributed by atoms with Gasteiger partial charge in [0.15, 0.2) is 6.61 Å². The summed E-state index contributed by atoms with van der Waals surface area (Å²) < 4.78 is 16.2. The summed E-state index contributed by atoms with van der Waals surface area (Å²) in [5.74, 6) is 0.455. The van der Waals surface area contributed by atoms with E-state index >= 15 is 0 Å². The predicted molar refractivity (Wildman–Crippen MR) is 92.7 cm³/mol. The molecule has 25 heavy (non-hydrogen) atoms. The van der Waals surface area contributed by atoms with Gasteiger partial charge in [0.1, 0.15) is 11.3 Å². The Morgan fingerprint density at radius 1 is 1.36 bits per heavy atom. The lowest BCUT2D eigenvalue weighted by molar-refractivity contribution is -0.125. The van der Waals surface area contributed by atoms with Crippen molar-refractivity contribution in [2.24, 2.45) is 5.92 Å². The smallest absolute Gasteiger partial charge is 0.375 e. The highest BCUT2D eigenvalue weighted by atomic mass is 16.5. The van der Waals surface area contributed by atoms with Crippen LogP contribution in [-0.4, -0.2) is 31.1 Å². The van der Waals surface area contributed by atoms with Gasteiger partial charge in [0.05, 0.1) is 6.61 Å². The van der Waals surface area contributed by atoms with E-state index in [1.165, 1.54) is 0 Å². The zero-order valence-corrected chi connectivity index (χ0v) is 14.8. The second-order valence-corrected chi connectivity index (χ2v) is 6.42. The van der Waals surface area contributed by atoms with Crippen LogP contribution in [0.2, 0.25) is 0 Å². The second-order valence-electron chi connectivity index (χ2n) is 6.42. The first-order valence-electron chi connectivity index (χ1n) is 8.62. The Labute approximate surface area is 146 Å². The van der Waals surface area contributed by atoms with Crippen LogP contribution in [0.15, 0.2) is 22.6 Å². The van der Waals surface area contributed by atoms with E-state index in [9.17, 15) is 9.59 Å². The number of amides is 1. The number of aryl methyl sites for hydroxylation is 1. The molecule has 1 heterocycles. The van der Waals surface area contributed by atoms with Crippen LogP contribution in [0.1, 0.15) is 42.8 Å². The first-order valence-corrected chi connectivity index (χ1v) is 8.62. The maximum Gasteiger partial charge on any atom is 0.375 e. The van der Waals surface area contributed by atoms with Gasteiger partial charge < -0.3 is 19.2 Å². The Bertz CT molecular complexity index is 790. The summed E-state index contributed by atoms with van der Waals surface area (Å²) >= 11 is 0. The summed E-state index contributed by atoms with van der Waals surface area (Å²) in [7, 11) is 0. The molecule has 1 saturated carbocycles. The van der Waals surface area contributed by atoms with Crippen LogP contribution in [-0.2, 0) is 9.53 Å².